The molecule has 0 heterocycles. The first-order chi connectivity index (χ1) is 10.5. The van der Waals surface area contributed by atoms with Gasteiger partial charge in [0.2, 0.25) is 0 Å². The maximum absolute atomic E-state index is 10.8. The lowest BCUT2D eigenvalue weighted by molar-refractivity contribution is -0.486. The Bertz CT molecular complexity index is 264. The maximum atomic E-state index is 10.8. The Kier molecular flexibility index (Phi) is 14.7. The van der Waals surface area contributed by atoms with Crippen molar-refractivity contribution in [3.63, 3.8) is 0 Å². The van der Waals surface area contributed by atoms with Crippen LogP contribution in [0.1, 0.15) is 87.5 Å². The Morgan fingerprint density at radius 1 is 0.826 bits per heavy atom. The van der Waals surface area contributed by atoms with Crippen LogP contribution < -0.4 is 0 Å². The van der Waals surface area contributed by atoms with Gasteiger partial charge in [-0.3, -0.25) is 4.89 Å². The molecule has 0 N–H and O–H groups in total. The Balaban J connectivity index is 0. The molecule has 0 saturated carbocycles. The van der Waals surface area contributed by atoms with E-state index in [0.717, 1.165) is 25.7 Å². The van der Waals surface area contributed by atoms with E-state index >= 15 is 0 Å². The van der Waals surface area contributed by atoms with Gasteiger partial charge in [-0.15, -0.1) is 0 Å². The minimum Gasteiger partial charge on any atom is -0.269 e. The molecule has 23 heavy (non-hydrogen) atoms. The zero-order valence-electron chi connectivity index (χ0n) is 16.2. The van der Waals surface area contributed by atoms with Crippen molar-refractivity contribution >= 4 is 5.97 Å². The second-order valence-corrected chi connectivity index (χ2v) is 7.19. The second kappa shape index (κ2) is 13.7. The predicted octanol–water partition coefficient (Wildman–Crippen LogP) is 4.91. The number of carbonyl (C=O) groups excluding carboxylic acids is 1. The smallest absolute Gasteiger partial charge is 0.269 e. The largest absolute Gasteiger partial charge is 0.345 e. The standard InChI is InChI=1S/C9H18O4.C8H18O2/c1-3-5-7-9(10)12-13-11-8-6-4-2;1-7(2,3)9-10-8(4,5)6/h3-8H2,1-2H3;1-6H3. The highest BCUT2D eigenvalue weighted by molar-refractivity contribution is 5.68. The van der Waals surface area contributed by atoms with Crippen LogP contribution in [0.3, 0.4) is 0 Å². The van der Waals surface area contributed by atoms with Crippen molar-refractivity contribution in [2.45, 2.75) is 98.7 Å². The van der Waals surface area contributed by atoms with E-state index in [-0.39, 0.29) is 17.2 Å². The van der Waals surface area contributed by atoms with E-state index in [4.69, 9.17) is 9.78 Å². The van der Waals surface area contributed by atoms with Gasteiger partial charge in [0.15, 0.2) is 0 Å². The number of hydrogen-bond acceptors (Lipinski definition) is 6. The van der Waals surface area contributed by atoms with Gasteiger partial charge >= 0.3 is 5.97 Å². The summed E-state index contributed by atoms with van der Waals surface area (Å²) in [7, 11) is 0. The highest BCUT2D eigenvalue weighted by Gasteiger charge is 2.18. The number of hydrogen-bond donors (Lipinski definition) is 0. The molecule has 6 heteroatoms. The summed E-state index contributed by atoms with van der Waals surface area (Å²) < 4.78 is 0. The average Bonchev–Trinajstić information content (AvgIpc) is 2.42. The molecule has 0 atom stereocenters. The van der Waals surface area contributed by atoms with Crippen molar-refractivity contribution in [3.8, 4) is 0 Å². The van der Waals surface area contributed by atoms with Crippen LogP contribution in [0.25, 0.3) is 0 Å². The third-order valence-corrected chi connectivity index (χ3v) is 2.03. The van der Waals surface area contributed by atoms with E-state index in [9.17, 15) is 4.79 Å². The quantitative estimate of drug-likeness (QED) is 0.338. The van der Waals surface area contributed by atoms with E-state index < -0.39 is 0 Å². The van der Waals surface area contributed by atoms with Crippen LogP contribution in [0, 0.1) is 0 Å². The molecule has 0 radical (unpaired) electrons. The molecular weight excluding hydrogens is 300 g/mol. The van der Waals surface area contributed by atoms with E-state index in [0.29, 0.717) is 13.0 Å². The van der Waals surface area contributed by atoms with Crippen molar-refractivity contribution in [2.75, 3.05) is 6.61 Å². The van der Waals surface area contributed by atoms with Gasteiger partial charge in [0, 0.05) is 6.42 Å². The van der Waals surface area contributed by atoms with Gasteiger partial charge in [-0.1, -0.05) is 26.7 Å². The van der Waals surface area contributed by atoms with Gasteiger partial charge < -0.3 is 0 Å². The highest BCUT2D eigenvalue weighted by Crippen LogP contribution is 2.14. The lowest BCUT2D eigenvalue weighted by Gasteiger charge is -2.24. The van der Waals surface area contributed by atoms with E-state index in [2.05, 4.69) is 14.8 Å². The normalized spacial score (nSPS) is 11.7. The maximum Gasteiger partial charge on any atom is 0.345 e. The molecule has 0 aliphatic heterocycles. The Hall–Kier alpha value is -0.690. The Morgan fingerprint density at radius 3 is 1.70 bits per heavy atom. The summed E-state index contributed by atoms with van der Waals surface area (Å²) in [5.74, 6) is -0.377. The van der Waals surface area contributed by atoms with Crippen molar-refractivity contribution in [1.29, 1.82) is 0 Å². The minimum absolute atomic E-state index is 0.215. The van der Waals surface area contributed by atoms with Crippen LogP contribution in [0.15, 0.2) is 0 Å². The van der Waals surface area contributed by atoms with Crippen LogP contribution in [-0.4, -0.2) is 23.8 Å². The first kappa shape index (κ1) is 24.6. The number of carbonyl (C=O) groups is 1. The van der Waals surface area contributed by atoms with Gasteiger partial charge in [0.1, 0.15) is 0 Å². The SMILES string of the molecule is CC(C)(C)OOC(C)(C)C.CCCCOOOC(=O)CCCC. The lowest BCUT2D eigenvalue weighted by Crippen LogP contribution is -2.27. The van der Waals surface area contributed by atoms with Crippen molar-refractivity contribution in [2.24, 2.45) is 0 Å². The van der Waals surface area contributed by atoms with E-state index in [1.54, 1.807) is 0 Å². The zero-order chi connectivity index (χ0) is 18.4. The molecule has 0 saturated heterocycles. The van der Waals surface area contributed by atoms with Crippen molar-refractivity contribution in [3.05, 3.63) is 0 Å². The summed E-state index contributed by atoms with van der Waals surface area (Å²) in [5, 5.41) is 4.25. The lowest BCUT2D eigenvalue weighted by atomic mass is 10.2. The number of unbranched alkanes of at least 4 members (excludes halogenated alkanes) is 2. The third kappa shape index (κ3) is 26.5. The van der Waals surface area contributed by atoms with Gasteiger partial charge in [-0.2, -0.15) is 4.89 Å². The fraction of sp³-hybridized carbons (Fsp3) is 0.941. The number of rotatable bonds is 9. The zero-order valence-corrected chi connectivity index (χ0v) is 16.2. The monoisotopic (exact) mass is 336 g/mol. The fourth-order valence-electron chi connectivity index (χ4n) is 0.912. The molecule has 0 bridgehead atoms. The van der Waals surface area contributed by atoms with Crippen molar-refractivity contribution in [1.82, 2.24) is 0 Å². The second-order valence-electron chi connectivity index (χ2n) is 7.19. The summed E-state index contributed by atoms with van der Waals surface area (Å²) >= 11 is 0. The molecule has 0 fully saturated rings. The molecule has 0 aliphatic carbocycles. The molecule has 0 spiro atoms. The van der Waals surface area contributed by atoms with Crippen LogP contribution in [0.4, 0.5) is 0 Å². The summed E-state index contributed by atoms with van der Waals surface area (Å²) in [6.45, 7) is 16.2. The van der Waals surface area contributed by atoms with Gasteiger partial charge in [0.25, 0.3) is 0 Å². The summed E-state index contributed by atoms with van der Waals surface area (Å²) in [6, 6.07) is 0. The van der Waals surface area contributed by atoms with Crippen LogP contribution in [0.2, 0.25) is 0 Å². The first-order valence-corrected chi connectivity index (χ1v) is 8.37. The minimum atomic E-state index is -0.377. The Labute approximate surface area is 141 Å². The molecule has 0 aliphatic rings. The van der Waals surface area contributed by atoms with Crippen LogP contribution >= 0.6 is 0 Å². The first-order valence-electron chi connectivity index (χ1n) is 8.37. The molecule has 0 rings (SSSR count). The average molecular weight is 336 g/mol. The van der Waals surface area contributed by atoms with Crippen molar-refractivity contribution < 1.29 is 29.4 Å². The van der Waals surface area contributed by atoms with E-state index in [1.807, 2.05) is 55.4 Å². The fourth-order valence-corrected chi connectivity index (χ4v) is 0.912. The molecule has 0 unspecified atom stereocenters. The molecule has 140 valence electrons. The molecule has 6 nitrogen and oxygen atoms in total. The summed E-state index contributed by atoms with van der Waals surface area (Å²) in [4.78, 5) is 29.9. The summed E-state index contributed by atoms with van der Waals surface area (Å²) in [5.41, 5.74) is -0.430. The van der Waals surface area contributed by atoms with Crippen LogP contribution in [-0.2, 0) is 29.4 Å². The third-order valence-electron chi connectivity index (χ3n) is 2.03. The van der Waals surface area contributed by atoms with Crippen LogP contribution in [0.5, 0.6) is 0 Å². The molecule has 0 aromatic rings. The molecule has 0 amide bonds. The summed E-state index contributed by atoms with van der Waals surface area (Å²) in [6.07, 6.45) is 4.08. The van der Waals surface area contributed by atoms with E-state index in [1.165, 1.54) is 0 Å². The highest BCUT2D eigenvalue weighted by atomic mass is 17.5. The molecular formula is C17H36O6. The molecule has 0 aromatic heterocycles. The Morgan fingerprint density at radius 2 is 1.30 bits per heavy atom. The molecule has 0 aromatic carbocycles. The van der Waals surface area contributed by atoms with Gasteiger partial charge in [0.05, 0.1) is 17.8 Å². The predicted molar refractivity (Wildman–Crippen MR) is 89.2 cm³/mol. The van der Waals surface area contributed by atoms with Gasteiger partial charge in [-0.25, -0.2) is 14.6 Å². The topological polar surface area (TPSA) is 63.2 Å². The van der Waals surface area contributed by atoms with Gasteiger partial charge in [-0.05, 0) is 59.4 Å².